The molecule has 122 valence electrons. The van der Waals surface area contributed by atoms with Crippen LogP contribution in [0.2, 0.25) is 0 Å². The number of imidazole rings is 1. The fraction of sp³-hybridized carbons (Fsp3) is 0.0667. The highest BCUT2D eigenvalue weighted by molar-refractivity contribution is 7.13. The Balaban J connectivity index is 1.67. The van der Waals surface area contributed by atoms with Gasteiger partial charge in [-0.2, -0.15) is 4.99 Å². The molecule has 24 heavy (non-hydrogen) atoms. The van der Waals surface area contributed by atoms with Gasteiger partial charge in [0.2, 0.25) is 16.9 Å². The number of aromatic nitrogens is 3. The smallest absolute Gasteiger partial charge is 0.230 e. The Labute approximate surface area is 141 Å². The molecule has 0 amide bonds. The number of rotatable bonds is 6. The first kappa shape index (κ1) is 15.7. The minimum absolute atomic E-state index is 0.0997. The summed E-state index contributed by atoms with van der Waals surface area (Å²) in [5.41, 5.74) is 12.3. The van der Waals surface area contributed by atoms with Gasteiger partial charge in [0, 0.05) is 11.9 Å². The lowest BCUT2D eigenvalue weighted by Crippen LogP contribution is -2.21. The fourth-order valence-electron chi connectivity index (χ4n) is 1.98. The lowest BCUT2D eigenvalue weighted by Gasteiger charge is -2.02. The van der Waals surface area contributed by atoms with E-state index in [-0.39, 0.29) is 17.4 Å². The van der Waals surface area contributed by atoms with Crippen molar-refractivity contribution in [1.82, 2.24) is 15.0 Å². The average Bonchev–Trinajstić information content (AvgIpc) is 3.22. The summed E-state index contributed by atoms with van der Waals surface area (Å²) < 4.78 is 0. The summed E-state index contributed by atoms with van der Waals surface area (Å²) in [4.78, 5) is 27.4. The van der Waals surface area contributed by atoms with E-state index in [1.807, 2.05) is 30.3 Å². The van der Waals surface area contributed by atoms with Crippen molar-refractivity contribution in [2.45, 2.75) is 6.54 Å². The number of aliphatic imine (C=N–C) groups is 1. The zero-order valence-electron chi connectivity index (χ0n) is 12.6. The van der Waals surface area contributed by atoms with E-state index < -0.39 is 0 Å². The standard InChI is InChI=1S/C15H15N7OS/c16-13(17)22-15-21-11(8-24-15)12(23)10-7-19-14(20-10)18-6-9-4-2-1-3-5-9/h1-5,7-8H,6H2,(H2,18,19,20)(H4,16,17,21,22). The molecule has 0 saturated carbocycles. The number of nitrogens with one attached hydrogen (secondary N) is 2. The molecule has 0 fully saturated rings. The number of nitrogens with two attached hydrogens (primary N) is 2. The number of carbonyl (C=O) groups is 1. The van der Waals surface area contributed by atoms with Crippen LogP contribution in [0.1, 0.15) is 21.7 Å². The second-order valence-corrected chi connectivity index (χ2v) is 5.70. The normalized spacial score (nSPS) is 10.3. The van der Waals surface area contributed by atoms with Gasteiger partial charge in [-0.15, -0.1) is 11.3 Å². The monoisotopic (exact) mass is 341 g/mol. The maximum absolute atomic E-state index is 12.4. The summed E-state index contributed by atoms with van der Waals surface area (Å²) >= 11 is 1.19. The molecule has 0 unspecified atom stereocenters. The van der Waals surface area contributed by atoms with Gasteiger partial charge >= 0.3 is 0 Å². The summed E-state index contributed by atoms with van der Waals surface area (Å²) in [6, 6.07) is 9.89. The van der Waals surface area contributed by atoms with Crippen LogP contribution in [-0.2, 0) is 6.54 Å². The van der Waals surface area contributed by atoms with Gasteiger partial charge in [-0.25, -0.2) is 9.97 Å². The van der Waals surface area contributed by atoms with Crippen molar-refractivity contribution >= 4 is 34.2 Å². The number of aromatic amines is 1. The van der Waals surface area contributed by atoms with Crippen molar-refractivity contribution < 1.29 is 4.79 Å². The molecule has 0 aliphatic rings. The van der Waals surface area contributed by atoms with Crippen molar-refractivity contribution in [1.29, 1.82) is 0 Å². The van der Waals surface area contributed by atoms with E-state index in [1.165, 1.54) is 17.5 Å². The minimum atomic E-state index is -0.274. The van der Waals surface area contributed by atoms with Crippen molar-refractivity contribution in [3.8, 4) is 0 Å². The molecule has 6 N–H and O–H groups in total. The van der Waals surface area contributed by atoms with Crippen LogP contribution in [0.25, 0.3) is 0 Å². The van der Waals surface area contributed by atoms with Crippen molar-refractivity contribution in [2.24, 2.45) is 16.5 Å². The summed E-state index contributed by atoms with van der Waals surface area (Å²) in [6.07, 6.45) is 1.47. The molecule has 0 radical (unpaired) electrons. The number of H-pyrrole nitrogens is 1. The molecule has 0 aliphatic carbocycles. The number of ketones is 1. The van der Waals surface area contributed by atoms with Gasteiger partial charge in [-0.05, 0) is 5.56 Å². The molecule has 9 heteroatoms. The first-order valence-electron chi connectivity index (χ1n) is 7.04. The SMILES string of the molecule is NC(N)=Nc1nc(C(=O)c2cnc(NCc3ccccc3)[nH]2)cs1. The van der Waals surface area contributed by atoms with Gasteiger partial charge in [-0.1, -0.05) is 30.3 Å². The topological polar surface area (TPSA) is 135 Å². The molecule has 0 aliphatic heterocycles. The second kappa shape index (κ2) is 6.92. The molecule has 0 saturated heterocycles. The van der Waals surface area contributed by atoms with E-state index in [2.05, 4.69) is 25.3 Å². The van der Waals surface area contributed by atoms with Crippen LogP contribution in [0.15, 0.2) is 46.9 Å². The largest absolute Gasteiger partial charge is 0.370 e. The quantitative estimate of drug-likeness (QED) is 0.306. The van der Waals surface area contributed by atoms with Gasteiger partial charge in [0.1, 0.15) is 11.4 Å². The van der Waals surface area contributed by atoms with E-state index in [0.717, 1.165) is 5.56 Å². The predicted octanol–water partition coefficient (Wildman–Crippen LogP) is 1.61. The summed E-state index contributed by atoms with van der Waals surface area (Å²) in [7, 11) is 0. The molecule has 2 aromatic heterocycles. The van der Waals surface area contributed by atoms with Crippen LogP contribution in [0.4, 0.5) is 11.1 Å². The van der Waals surface area contributed by atoms with Crippen LogP contribution >= 0.6 is 11.3 Å². The zero-order valence-corrected chi connectivity index (χ0v) is 13.4. The Morgan fingerprint density at radius 1 is 1.29 bits per heavy atom. The van der Waals surface area contributed by atoms with Gasteiger partial charge in [0.15, 0.2) is 5.96 Å². The number of benzene rings is 1. The minimum Gasteiger partial charge on any atom is -0.370 e. The second-order valence-electron chi connectivity index (χ2n) is 4.87. The van der Waals surface area contributed by atoms with E-state index in [4.69, 9.17) is 11.5 Å². The Kier molecular flexibility index (Phi) is 4.52. The molecular weight excluding hydrogens is 326 g/mol. The lowest BCUT2D eigenvalue weighted by molar-refractivity contribution is 0.103. The van der Waals surface area contributed by atoms with E-state index in [0.29, 0.717) is 23.3 Å². The molecule has 3 aromatic rings. The Hall–Kier alpha value is -3.20. The number of carbonyl (C=O) groups excluding carboxylic acids is 1. The highest BCUT2D eigenvalue weighted by Crippen LogP contribution is 2.20. The lowest BCUT2D eigenvalue weighted by atomic mass is 10.2. The molecule has 0 bridgehead atoms. The third-order valence-electron chi connectivity index (χ3n) is 3.07. The number of hydrogen-bond donors (Lipinski definition) is 4. The highest BCUT2D eigenvalue weighted by Gasteiger charge is 2.16. The van der Waals surface area contributed by atoms with Crippen LogP contribution in [0, 0.1) is 0 Å². The fourth-order valence-corrected chi connectivity index (χ4v) is 2.66. The van der Waals surface area contributed by atoms with Gasteiger partial charge in [-0.3, -0.25) is 4.79 Å². The first-order chi connectivity index (χ1) is 11.6. The maximum atomic E-state index is 12.4. The number of thiazole rings is 1. The van der Waals surface area contributed by atoms with E-state index in [1.54, 1.807) is 5.38 Å². The van der Waals surface area contributed by atoms with Crippen molar-refractivity contribution in [3.63, 3.8) is 0 Å². The van der Waals surface area contributed by atoms with Crippen LogP contribution in [-0.4, -0.2) is 26.7 Å². The zero-order chi connectivity index (χ0) is 16.9. The van der Waals surface area contributed by atoms with Crippen LogP contribution < -0.4 is 16.8 Å². The Morgan fingerprint density at radius 3 is 2.83 bits per heavy atom. The molecule has 0 atom stereocenters. The number of nitrogens with zero attached hydrogens (tertiary/aromatic N) is 3. The number of guanidine groups is 1. The molecule has 1 aromatic carbocycles. The summed E-state index contributed by atoms with van der Waals surface area (Å²) in [5.74, 6) is 0.141. The average molecular weight is 341 g/mol. The highest BCUT2D eigenvalue weighted by atomic mass is 32.1. The molecule has 3 rings (SSSR count). The summed E-state index contributed by atoms with van der Waals surface area (Å²) in [5, 5.41) is 5.06. The van der Waals surface area contributed by atoms with Gasteiger partial charge < -0.3 is 21.8 Å². The third kappa shape index (κ3) is 3.76. The van der Waals surface area contributed by atoms with Crippen LogP contribution in [0.3, 0.4) is 0 Å². The predicted molar refractivity (Wildman–Crippen MR) is 93.4 cm³/mol. The molecular formula is C15H15N7OS. The third-order valence-corrected chi connectivity index (χ3v) is 3.81. The maximum Gasteiger partial charge on any atom is 0.230 e. The van der Waals surface area contributed by atoms with E-state index >= 15 is 0 Å². The Morgan fingerprint density at radius 2 is 2.08 bits per heavy atom. The molecule has 2 heterocycles. The summed E-state index contributed by atoms with van der Waals surface area (Å²) in [6.45, 7) is 0.604. The number of anilines is 1. The Bertz CT molecular complexity index is 865. The first-order valence-corrected chi connectivity index (χ1v) is 7.92. The van der Waals surface area contributed by atoms with Gasteiger partial charge in [0.05, 0.1) is 6.20 Å². The number of hydrogen-bond acceptors (Lipinski definition) is 6. The molecule has 0 spiro atoms. The van der Waals surface area contributed by atoms with Crippen LogP contribution in [0.5, 0.6) is 0 Å². The van der Waals surface area contributed by atoms with E-state index in [9.17, 15) is 4.79 Å². The van der Waals surface area contributed by atoms with Gasteiger partial charge in [0.25, 0.3) is 0 Å². The molecule has 8 nitrogen and oxygen atoms in total. The van der Waals surface area contributed by atoms with Crippen molar-refractivity contribution in [3.05, 3.63) is 58.9 Å². The van der Waals surface area contributed by atoms with Crippen molar-refractivity contribution in [2.75, 3.05) is 5.32 Å².